The van der Waals surface area contributed by atoms with E-state index in [1.165, 1.54) is 10.9 Å². The Kier molecular flexibility index (Phi) is 2.84. The molecule has 4 heteroatoms. The van der Waals surface area contributed by atoms with E-state index in [4.69, 9.17) is 11.6 Å². The summed E-state index contributed by atoms with van der Waals surface area (Å²) in [4.78, 5) is 12.4. The Morgan fingerprint density at radius 1 is 1.16 bits per heavy atom. The Morgan fingerprint density at radius 3 is 2.58 bits per heavy atom. The Labute approximate surface area is 115 Å². The molecule has 0 bridgehead atoms. The van der Waals surface area contributed by atoms with Crippen LogP contribution in [0.3, 0.4) is 0 Å². The van der Waals surface area contributed by atoms with Gasteiger partial charge in [-0.05, 0) is 16.8 Å². The van der Waals surface area contributed by atoms with Crippen LogP contribution in [0.25, 0.3) is 10.8 Å². The first-order valence-electron chi connectivity index (χ1n) is 5.88. The first-order chi connectivity index (χ1) is 9.16. The molecular weight excluding hydrogens is 260 g/mol. The van der Waals surface area contributed by atoms with Gasteiger partial charge in [-0.1, -0.05) is 48.0 Å². The van der Waals surface area contributed by atoms with Crippen molar-refractivity contribution < 1.29 is 4.79 Å². The molecule has 0 spiro atoms. The fourth-order valence-corrected chi connectivity index (χ4v) is 2.39. The van der Waals surface area contributed by atoms with Gasteiger partial charge in [0.15, 0.2) is 0 Å². The second-order valence-electron chi connectivity index (χ2n) is 4.36. The van der Waals surface area contributed by atoms with E-state index in [2.05, 4.69) is 5.10 Å². The number of rotatable bonds is 2. The maximum Gasteiger partial charge on any atom is 0.212 e. The quantitative estimate of drug-likeness (QED) is 0.669. The summed E-state index contributed by atoms with van der Waals surface area (Å²) in [6.07, 6.45) is 1.48. The number of nitrogens with zero attached hydrogens (tertiary/aromatic N) is 2. The van der Waals surface area contributed by atoms with Crippen molar-refractivity contribution in [1.82, 2.24) is 9.78 Å². The lowest BCUT2D eigenvalue weighted by molar-refractivity contribution is 0.103. The van der Waals surface area contributed by atoms with E-state index in [9.17, 15) is 4.79 Å². The fraction of sp³-hybridized carbons (Fsp3) is 0.0667. The lowest BCUT2D eigenvalue weighted by atomic mass is 10.0. The van der Waals surface area contributed by atoms with Crippen LogP contribution in [0.5, 0.6) is 0 Å². The van der Waals surface area contributed by atoms with Gasteiger partial charge in [-0.25, -0.2) is 0 Å². The number of aromatic nitrogens is 2. The van der Waals surface area contributed by atoms with E-state index in [1.54, 1.807) is 7.05 Å². The van der Waals surface area contributed by atoms with E-state index in [1.807, 2.05) is 42.5 Å². The summed E-state index contributed by atoms with van der Waals surface area (Å²) in [5.74, 6) is -0.115. The van der Waals surface area contributed by atoms with Crippen LogP contribution in [0.15, 0.2) is 48.7 Å². The summed E-state index contributed by atoms with van der Waals surface area (Å²) in [6.45, 7) is 0. The first kappa shape index (κ1) is 11.9. The fourth-order valence-electron chi connectivity index (χ4n) is 2.13. The summed E-state index contributed by atoms with van der Waals surface area (Å²) in [7, 11) is 1.71. The molecule has 0 saturated carbocycles. The Bertz CT molecular complexity index is 757. The maximum atomic E-state index is 12.4. The van der Waals surface area contributed by atoms with Crippen LogP contribution in [-0.4, -0.2) is 15.6 Å². The van der Waals surface area contributed by atoms with Crippen molar-refractivity contribution in [1.29, 1.82) is 0 Å². The van der Waals surface area contributed by atoms with Gasteiger partial charge in [0.25, 0.3) is 0 Å². The van der Waals surface area contributed by atoms with Crippen LogP contribution in [-0.2, 0) is 7.05 Å². The zero-order valence-electron chi connectivity index (χ0n) is 10.3. The van der Waals surface area contributed by atoms with Gasteiger partial charge in [-0.3, -0.25) is 9.48 Å². The SMILES string of the molecule is Cn1ncc(Cl)c1C(=O)c1ccc2ccccc2c1. The van der Waals surface area contributed by atoms with E-state index in [0.29, 0.717) is 16.3 Å². The molecule has 94 valence electrons. The van der Waals surface area contributed by atoms with Gasteiger partial charge in [0, 0.05) is 12.6 Å². The largest absolute Gasteiger partial charge is 0.287 e. The zero-order chi connectivity index (χ0) is 13.4. The second kappa shape index (κ2) is 4.52. The number of hydrogen-bond donors (Lipinski definition) is 0. The third kappa shape index (κ3) is 2.02. The number of carbonyl (C=O) groups is 1. The Balaban J connectivity index is 2.12. The van der Waals surface area contributed by atoms with Gasteiger partial charge in [-0.15, -0.1) is 0 Å². The van der Waals surface area contributed by atoms with Crippen molar-refractivity contribution in [2.45, 2.75) is 0 Å². The lowest BCUT2D eigenvalue weighted by Gasteiger charge is -2.04. The van der Waals surface area contributed by atoms with Crippen molar-refractivity contribution in [2.75, 3.05) is 0 Å². The zero-order valence-corrected chi connectivity index (χ0v) is 11.1. The second-order valence-corrected chi connectivity index (χ2v) is 4.76. The summed E-state index contributed by atoms with van der Waals surface area (Å²) in [6, 6.07) is 13.6. The Hall–Kier alpha value is -2.13. The number of ketones is 1. The van der Waals surface area contributed by atoms with Crippen LogP contribution in [0.4, 0.5) is 0 Å². The molecule has 3 rings (SSSR count). The maximum absolute atomic E-state index is 12.4. The molecule has 0 aliphatic heterocycles. The molecule has 1 heterocycles. The molecule has 0 N–H and O–H groups in total. The van der Waals surface area contributed by atoms with Gasteiger partial charge >= 0.3 is 0 Å². The van der Waals surface area contributed by atoms with Gasteiger partial charge in [-0.2, -0.15) is 5.10 Å². The third-order valence-corrected chi connectivity index (χ3v) is 3.40. The summed E-state index contributed by atoms with van der Waals surface area (Å²) in [5.41, 5.74) is 1.03. The number of fused-ring (bicyclic) bond motifs is 1. The first-order valence-corrected chi connectivity index (χ1v) is 6.25. The smallest absolute Gasteiger partial charge is 0.212 e. The molecule has 2 aromatic carbocycles. The van der Waals surface area contributed by atoms with E-state index in [-0.39, 0.29) is 5.78 Å². The lowest BCUT2D eigenvalue weighted by Crippen LogP contribution is -2.08. The van der Waals surface area contributed by atoms with Crippen LogP contribution in [0.1, 0.15) is 16.1 Å². The molecule has 0 aliphatic rings. The topological polar surface area (TPSA) is 34.9 Å². The minimum atomic E-state index is -0.115. The summed E-state index contributed by atoms with van der Waals surface area (Å²) >= 11 is 6.00. The number of hydrogen-bond acceptors (Lipinski definition) is 2. The van der Waals surface area contributed by atoms with Crippen LogP contribution >= 0.6 is 11.6 Å². The molecule has 0 atom stereocenters. The van der Waals surface area contributed by atoms with E-state index in [0.717, 1.165) is 10.8 Å². The van der Waals surface area contributed by atoms with Crippen LogP contribution < -0.4 is 0 Å². The number of halogens is 1. The van der Waals surface area contributed by atoms with Crippen molar-refractivity contribution in [2.24, 2.45) is 7.05 Å². The molecule has 0 fully saturated rings. The molecular formula is C15H11ClN2O. The molecule has 3 nitrogen and oxygen atoms in total. The van der Waals surface area contributed by atoms with Crippen molar-refractivity contribution in [3.05, 3.63) is 64.9 Å². The number of benzene rings is 2. The molecule has 0 saturated heterocycles. The van der Waals surface area contributed by atoms with Crippen LogP contribution in [0, 0.1) is 0 Å². The normalized spacial score (nSPS) is 10.8. The van der Waals surface area contributed by atoms with Gasteiger partial charge in [0.2, 0.25) is 5.78 Å². The van der Waals surface area contributed by atoms with Crippen LogP contribution in [0.2, 0.25) is 5.02 Å². The highest BCUT2D eigenvalue weighted by Gasteiger charge is 2.17. The molecule has 0 radical (unpaired) electrons. The average molecular weight is 271 g/mol. The standard InChI is InChI=1S/C15H11ClN2O/c1-18-14(13(16)9-17-18)15(19)12-7-6-10-4-2-3-5-11(10)8-12/h2-9H,1H3. The summed E-state index contributed by atoms with van der Waals surface area (Å²) in [5, 5.41) is 6.51. The van der Waals surface area contributed by atoms with Gasteiger partial charge < -0.3 is 0 Å². The molecule has 3 aromatic rings. The van der Waals surface area contributed by atoms with Crippen molar-refractivity contribution >= 4 is 28.2 Å². The number of aryl methyl sites for hydroxylation is 1. The average Bonchev–Trinajstić information content (AvgIpc) is 2.77. The predicted octanol–water partition coefficient (Wildman–Crippen LogP) is 3.46. The summed E-state index contributed by atoms with van der Waals surface area (Å²) < 4.78 is 1.50. The van der Waals surface area contributed by atoms with E-state index >= 15 is 0 Å². The Morgan fingerprint density at radius 2 is 1.89 bits per heavy atom. The molecule has 0 unspecified atom stereocenters. The van der Waals surface area contributed by atoms with Crippen molar-refractivity contribution in [3.63, 3.8) is 0 Å². The molecule has 0 aliphatic carbocycles. The minimum absolute atomic E-state index is 0.115. The minimum Gasteiger partial charge on any atom is -0.287 e. The highest BCUT2D eigenvalue weighted by atomic mass is 35.5. The predicted molar refractivity (Wildman–Crippen MR) is 75.6 cm³/mol. The highest BCUT2D eigenvalue weighted by Crippen LogP contribution is 2.21. The highest BCUT2D eigenvalue weighted by molar-refractivity contribution is 6.34. The molecule has 19 heavy (non-hydrogen) atoms. The molecule has 1 aromatic heterocycles. The monoisotopic (exact) mass is 270 g/mol. The third-order valence-electron chi connectivity index (χ3n) is 3.12. The van der Waals surface area contributed by atoms with E-state index < -0.39 is 0 Å². The molecule has 0 amide bonds. The van der Waals surface area contributed by atoms with Crippen molar-refractivity contribution in [3.8, 4) is 0 Å². The van der Waals surface area contributed by atoms with Gasteiger partial charge in [0.05, 0.1) is 11.2 Å². The number of carbonyl (C=O) groups excluding carboxylic acids is 1. The van der Waals surface area contributed by atoms with Gasteiger partial charge in [0.1, 0.15) is 5.69 Å².